The largest absolute Gasteiger partial charge is 0.396 e. The molecule has 0 aliphatic heterocycles. The van der Waals surface area contributed by atoms with Crippen molar-refractivity contribution in [2.24, 2.45) is 5.92 Å². The minimum absolute atomic E-state index is 0.269. The van der Waals surface area contributed by atoms with Gasteiger partial charge in [0.1, 0.15) is 0 Å². The molecule has 0 bridgehead atoms. The molecule has 1 atom stereocenters. The van der Waals surface area contributed by atoms with Gasteiger partial charge in [-0.2, -0.15) is 0 Å². The van der Waals surface area contributed by atoms with Crippen LogP contribution in [0.15, 0.2) is 30.3 Å². The Labute approximate surface area is 98.7 Å². The molecule has 0 aromatic heterocycles. The van der Waals surface area contributed by atoms with Crippen molar-refractivity contribution >= 4 is 0 Å². The molecule has 1 aromatic carbocycles. The van der Waals surface area contributed by atoms with Crippen molar-refractivity contribution in [2.75, 3.05) is 19.7 Å². The smallest absolute Gasteiger partial charge is 0.0443 e. The van der Waals surface area contributed by atoms with Gasteiger partial charge in [-0.05, 0) is 30.4 Å². The lowest BCUT2D eigenvalue weighted by Gasteiger charge is -2.21. The van der Waals surface area contributed by atoms with Crippen molar-refractivity contribution in [2.45, 2.75) is 26.2 Å². The van der Waals surface area contributed by atoms with Crippen molar-refractivity contribution in [3.63, 3.8) is 0 Å². The molecule has 2 heteroatoms. The van der Waals surface area contributed by atoms with E-state index in [0.29, 0.717) is 11.8 Å². The van der Waals surface area contributed by atoms with Crippen LogP contribution in [-0.2, 0) is 0 Å². The summed E-state index contributed by atoms with van der Waals surface area (Å²) in [5, 5.41) is 12.1. The highest BCUT2D eigenvalue weighted by Crippen LogP contribution is 2.23. The van der Waals surface area contributed by atoms with Crippen molar-refractivity contribution in [3.8, 4) is 0 Å². The van der Waals surface area contributed by atoms with E-state index in [1.165, 1.54) is 5.56 Å². The van der Waals surface area contributed by atoms with Gasteiger partial charge in [0.2, 0.25) is 0 Å². The van der Waals surface area contributed by atoms with Crippen LogP contribution < -0.4 is 5.32 Å². The molecular weight excluding hydrogens is 198 g/mol. The van der Waals surface area contributed by atoms with Crippen molar-refractivity contribution in [1.29, 1.82) is 0 Å². The average Bonchev–Trinajstić information content (AvgIpc) is 2.30. The van der Waals surface area contributed by atoms with Gasteiger partial charge in [-0.1, -0.05) is 44.2 Å². The second-order valence-electron chi connectivity index (χ2n) is 4.54. The van der Waals surface area contributed by atoms with Gasteiger partial charge in [-0.3, -0.25) is 0 Å². The van der Waals surface area contributed by atoms with E-state index in [9.17, 15) is 0 Å². The molecule has 1 rings (SSSR count). The summed E-state index contributed by atoms with van der Waals surface area (Å²) in [5.74, 6) is 1.18. The van der Waals surface area contributed by atoms with Gasteiger partial charge in [0.25, 0.3) is 0 Å². The maximum absolute atomic E-state index is 8.72. The van der Waals surface area contributed by atoms with E-state index in [-0.39, 0.29) is 6.61 Å². The molecule has 90 valence electrons. The van der Waals surface area contributed by atoms with Crippen LogP contribution in [0.1, 0.15) is 31.7 Å². The summed E-state index contributed by atoms with van der Waals surface area (Å²) < 4.78 is 0. The van der Waals surface area contributed by atoms with Crippen LogP contribution in [0.3, 0.4) is 0 Å². The number of rotatable bonds is 7. The van der Waals surface area contributed by atoms with E-state index >= 15 is 0 Å². The van der Waals surface area contributed by atoms with Crippen LogP contribution in [0.5, 0.6) is 0 Å². The Kier molecular flexibility index (Phi) is 6.12. The third-order valence-corrected chi connectivity index (χ3v) is 2.91. The first-order valence-electron chi connectivity index (χ1n) is 6.12. The van der Waals surface area contributed by atoms with Crippen molar-refractivity contribution < 1.29 is 5.11 Å². The maximum Gasteiger partial charge on any atom is 0.0443 e. The lowest BCUT2D eigenvalue weighted by Crippen LogP contribution is -2.26. The third-order valence-electron chi connectivity index (χ3n) is 2.91. The average molecular weight is 221 g/mol. The first-order valence-corrected chi connectivity index (χ1v) is 6.12. The minimum Gasteiger partial charge on any atom is -0.396 e. The van der Waals surface area contributed by atoms with E-state index in [2.05, 4.69) is 49.5 Å². The van der Waals surface area contributed by atoms with E-state index in [4.69, 9.17) is 5.11 Å². The Morgan fingerprint density at radius 3 is 2.44 bits per heavy atom. The zero-order valence-electron chi connectivity index (χ0n) is 10.3. The molecular formula is C14H23NO. The number of hydrogen-bond acceptors (Lipinski definition) is 2. The minimum atomic E-state index is 0.269. The standard InChI is InChI=1S/C14H23NO/c1-12(2)14(11-15-9-6-10-16)13-7-4-3-5-8-13/h3-5,7-8,12,14-16H,6,9-11H2,1-2H3. The highest BCUT2D eigenvalue weighted by molar-refractivity contribution is 5.20. The van der Waals surface area contributed by atoms with E-state index in [0.717, 1.165) is 19.5 Å². The van der Waals surface area contributed by atoms with Crippen LogP contribution >= 0.6 is 0 Å². The second kappa shape index (κ2) is 7.42. The molecule has 0 saturated heterocycles. The number of hydrogen-bond donors (Lipinski definition) is 2. The van der Waals surface area contributed by atoms with E-state index < -0.39 is 0 Å². The molecule has 1 aromatic rings. The van der Waals surface area contributed by atoms with Crippen LogP contribution in [0, 0.1) is 5.92 Å². The topological polar surface area (TPSA) is 32.3 Å². The molecule has 0 amide bonds. The van der Waals surface area contributed by atoms with E-state index in [1.807, 2.05) is 0 Å². The van der Waals surface area contributed by atoms with E-state index in [1.54, 1.807) is 0 Å². The lowest BCUT2D eigenvalue weighted by molar-refractivity contribution is 0.284. The fourth-order valence-electron chi connectivity index (χ4n) is 1.90. The summed E-state index contributed by atoms with van der Waals surface area (Å²) in [6.45, 7) is 6.66. The number of aliphatic hydroxyl groups is 1. The Morgan fingerprint density at radius 2 is 1.88 bits per heavy atom. The zero-order chi connectivity index (χ0) is 11.8. The SMILES string of the molecule is CC(C)C(CNCCCO)c1ccccc1. The summed E-state index contributed by atoms with van der Waals surface area (Å²) in [7, 11) is 0. The quantitative estimate of drug-likeness (QED) is 0.693. The first kappa shape index (κ1) is 13.2. The molecule has 0 saturated carbocycles. The fourth-order valence-corrected chi connectivity index (χ4v) is 1.90. The van der Waals surface area contributed by atoms with Crippen molar-refractivity contribution in [3.05, 3.63) is 35.9 Å². The molecule has 0 radical (unpaired) electrons. The van der Waals surface area contributed by atoms with Crippen molar-refractivity contribution in [1.82, 2.24) is 5.32 Å². The third kappa shape index (κ3) is 4.33. The highest BCUT2D eigenvalue weighted by Gasteiger charge is 2.14. The Balaban J connectivity index is 2.49. The van der Waals surface area contributed by atoms with Crippen LogP contribution in [0.4, 0.5) is 0 Å². The zero-order valence-corrected chi connectivity index (χ0v) is 10.3. The summed E-state index contributed by atoms with van der Waals surface area (Å²) in [6, 6.07) is 10.6. The lowest BCUT2D eigenvalue weighted by atomic mass is 9.88. The molecule has 0 aliphatic rings. The van der Waals surface area contributed by atoms with Gasteiger partial charge in [0.05, 0.1) is 0 Å². The normalized spacial score (nSPS) is 13.0. The summed E-state index contributed by atoms with van der Waals surface area (Å²) in [5.41, 5.74) is 1.40. The Hall–Kier alpha value is -0.860. The molecule has 0 spiro atoms. The molecule has 1 unspecified atom stereocenters. The van der Waals surface area contributed by atoms with Gasteiger partial charge < -0.3 is 10.4 Å². The predicted molar refractivity (Wildman–Crippen MR) is 68.6 cm³/mol. The molecule has 2 N–H and O–H groups in total. The molecule has 0 fully saturated rings. The monoisotopic (exact) mass is 221 g/mol. The predicted octanol–water partition coefficient (Wildman–Crippen LogP) is 2.40. The van der Waals surface area contributed by atoms with Crippen LogP contribution in [0.25, 0.3) is 0 Å². The summed E-state index contributed by atoms with van der Waals surface area (Å²) in [6.07, 6.45) is 0.833. The molecule has 0 heterocycles. The Morgan fingerprint density at radius 1 is 1.19 bits per heavy atom. The fraction of sp³-hybridized carbons (Fsp3) is 0.571. The molecule has 2 nitrogen and oxygen atoms in total. The van der Waals surface area contributed by atoms with Gasteiger partial charge >= 0.3 is 0 Å². The van der Waals surface area contributed by atoms with Gasteiger partial charge in [-0.25, -0.2) is 0 Å². The van der Waals surface area contributed by atoms with Gasteiger partial charge in [0, 0.05) is 13.2 Å². The maximum atomic E-state index is 8.72. The Bertz CT molecular complexity index is 271. The van der Waals surface area contributed by atoms with Crippen LogP contribution in [0.2, 0.25) is 0 Å². The number of nitrogens with one attached hydrogen (secondary N) is 1. The first-order chi connectivity index (χ1) is 7.75. The molecule has 16 heavy (non-hydrogen) atoms. The number of benzene rings is 1. The molecule has 0 aliphatic carbocycles. The summed E-state index contributed by atoms with van der Waals surface area (Å²) >= 11 is 0. The highest BCUT2D eigenvalue weighted by atomic mass is 16.3. The van der Waals surface area contributed by atoms with Gasteiger partial charge in [0.15, 0.2) is 0 Å². The van der Waals surface area contributed by atoms with Gasteiger partial charge in [-0.15, -0.1) is 0 Å². The summed E-state index contributed by atoms with van der Waals surface area (Å²) in [4.78, 5) is 0. The number of aliphatic hydroxyl groups excluding tert-OH is 1. The second-order valence-corrected chi connectivity index (χ2v) is 4.54. The van der Waals surface area contributed by atoms with Crippen LogP contribution in [-0.4, -0.2) is 24.8 Å².